The summed E-state index contributed by atoms with van der Waals surface area (Å²) in [6.07, 6.45) is 0.813. The number of aliphatic hydroxyl groups is 1. The van der Waals surface area contributed by atoms with E-state index in [4.69, 9.17) is 24.7 Å². The van der Waals surface area contributed by atoms with E-state index in [2.05, 4.69) is 4.99 Å². The van der Waals surface area contributed by atoms with E-state index in [1.165, 1.54) is 21.3 Å². The zero-order valence-electron chi connectivity index (χ0n) is 21.6. The molecule has 1 amide bonds. The highest BCUT2D eigenvalue weighted by molar-refractivity contribution is 5.95. The lowest BCUT2D eigenvalue weighted by Crippen LogP contribution is -2.34. The number of nitrogens with two attached hydrogens (primary N) is 1. The van der Waals surface area contributed by atoms with E-state index < -0.39 is 0 Å². The fraction of sp³-hybridized carbons (Fsp3) is 0.286. The number of benzene rings is 3. The predicted octanol–water partition coefficient (Wildman–Crippen LogP) is 4.25. The topological polar surface area (TPSA) is 116 Å². The summed E-state index contributed by atoms with van der Waals surface area (Å²) in [4.78, 5) is 18.8. The molecular formula is C28H33N3O6. The van der Waals surface area contributed by atoms with Crippen LogP contribution in [0, 0.1) is 0 Å². The Balaban J connectivity index is 1.85. The smallest absolute Gasteiger partial charge is 0.292 e. The largest absolute Gasteiger partial charge is 0.493 e. The lowest BCUT2D eigenvalue weighted by molar-refractivity contribution is 0.0722. The normalized spacial score (nSPS) is 11.1. The van der Waals surface area contributed by atoms with E-state index in [0.717, 1.165) is 17.5 Å². The minimum absolute atomic E-state index is 0.0758. The highest BCUT2D eigenvalue weighted by atomic mass is 16.5. The Hall–Kier alpha value is -4.24. The van der Waals surface area contributed by atoms with Gasteiger partial charge in [-0.25, -0.2) is 0 Å². The summed E-state index contributed by atoms with van der Waals surface area (Å²) in [6, 6.07) is 17.9. The molecule has 3 aromatic rings. The summed E-state index contributed by atoms with van der Waals surface area (Å²) in [5, 5.41) is 9.28. The Bertz CT molecular complexity index is 1200. The molecule has 0 unspecified atom stereocenters. The summed E-state index contributed by atoms with van der Waals surface area (Å²) in [5.41, 5.74) is 8.78. The number of amidine groups is 1. The first-order valence-corrected chi connectivity index (χ1v) is 11.9. The molecule has 3 rings (SSSR count). The summed E-state index contributed by atoms with van der Waals surface area (Å²) >= 11 is 0. The van der Waals surface area contributed by atoms with Crippen LogP contribution in [0.25, 0.3) is 11.1 Å². The van der Waals surface area contributed by atoms with Crippen LogP contribution in [0.15, 0.2) is 65.7 Å². The maximum absolute atomic E-state index is 12.8. The van der Waals surface area contributed by atoms with Gasteiger partial charge < -0.3 is 34.7 Å². The number of carbonyl (C=O) groups excluding carboxylic acids is 1. The van der Waals surface area contributed by atoms with Crippen LogP contribution in [-0.4, -0.2) is 63.0 Å². The van der Waals surface area contributed by atoms with Crippen molar-refractivity contribution >= 4 is 17.6 Å². The van der Waals surface area contributed by atoms with Gasteiger partial charge in [0.1, 0.15) is 5.75 Å². The first kappa shape index (κ1) is 27.3. The van der Waals surface area contributed by atoms with Gasteiger partial charge in [0.2, 0.25) is 5.75 Å². The van der Waals surface area contributed by atoms with Gasteiger partial charge in [-0.1, -0.05) is 37.3 Å². The van der Waals surface area contributed by atoms with Crippen molar-refractivity contribution in [1.82, 2.24) is 4.90 Å². The number of nitrogens with zero attached hydrogens (tertiary/aromatic N) is 2. The second-order valence-electron chi connectivity index (χ2n) is 8.02. The van der Waals surface area contributed by atoms with Gasteiger partial charge in [0.15, 0.2) is 11.5 Å². The molecular weight excluding hydrogens is 474 g/mol. The van der Waals surface area contributed by atoms with Crippen molar-refractivity contribution in [2.45, 2.75) is 13.3 Å². The molecule has 3 aromatic carbocycles. The van der Waals surface area contributed by atoms with Crippen molar-refractivity contribution in [2.75, 3.05) is 41.0 Å². The summed E-state index contributed by atoms with van der Waals surface area (Å²) in [6.45, 7) is 2.81. The molecule has 0 fully saturated rings. The fourth-order valence-corrected chi connectivity index (χ4v) is 3.87. The van der Waals surface area contributed by atoms with E-state index in [9.17, 15) is 9.90 Å². The average Bonchev–Trinajstić information content (AvgIpc) is 2.92. The van der Waals surface area contributed by atoms with E-state index in [-0.39, 0.29) is 18.5 Å². The molecule has 0 aliphatic carbocycles. The molecule has 0 aromatic heterocycles. The molecule has 0 saturated heterocycles. The highest BCUT2D eigenvalue weighted by Gasteiger charge is 2.16. The lowest BCUT2D eigenvalue weighted by atomic mass is 10.0. The second kappa shape index (κ2) is 13.2. The Morgan fingerprint density at radius 1 is 0.919 bits per heavy atom. The van der Waals surface area contributed by atoms with Crippen LogP contribution in [0.1, 0.15) is 23.7 Å². The van der Waals surface area contributed by atoms with Crippen molar-refractivity contribution < 1.29 is 28.8 Å². The average molecular weight is 508 g/mol. The van der Waals surface area contributed by atoms with Gasteiger partial charge in [-0.2, -0.15) is 4.99 Å². The van der Waals surface area contributed by atoms with Crippen LogP contribution < -0.4 is 24.7 Å². The Labute approximate surface area is 217 Å². The van der Waals surface area contributed by atoms with Crippen LogP contribution in [-0.2, 0) is 0 Å². The third-order valence-electron chi connectivity index (χ3n) is 5.58. The van der Waals surface area contributed by atoms with Crippen molar-refractivity contribution in [3.8, 4) is 34.1 Å². The summed E-state index contributed by atoms with van der Waals surface area (Å²) in [5.74, 6) is 1.72. The van der Waals surface area contributed by atoms with Gasteiger partial charge in [-0.3, -0.25) is 4.79 Å². The Kier molecular flexibility index (Phi) is 9.74. The van der Waals surface area contributed by atoms with E-state index >= 15 is 0 Å². The number of carbonyl (C=O) groups is 1. The molecule has 9 nitrogen and oxygen atoms in total. The molecule has 0 saturated carbocycles. The number of hydrogen-bond donors (Lipinski definition) is 2. The van der Waals surface area contributed by atoms with Crippen LogP contribution in [0.4, 0.5) is 5.69 Å². The number of aliphatic hydroxyl groups excluding tert-OH is 1. The Morgan fingerprint density at radius 2 is 1.57 bits per heavy atom. The minimum Gasteiger partial charge on any atom is -0.493 e. The zero-order valence-corrected chi connectivity index (χ0v) is 21.6. The van der Waals surface area contributed by atoms with Crippen molar-refractivity contribution in [2.24, 2.45) is 10.7 Å². The molecule has 0 heterocycles. The molecule has 0 spiro atoms. The minimum atomic E-state index is -0.117. The zero-order chi connectivity index (χ0) is 26.8. The summed E-state index contributed by atoms with van der Waals surface area (Å²) < 4.78 is 22.0. The maximum atomic E-state index is 12.8. The third-order valence-corrected chi connectivity index (χ3v) is 5.58. The van der Waals surface area contributed by atoms with Crippen molar-refractivity contribution in [1.29, 1.82) is 0 Å². The van der Waals surface area contributed by atoms with Gasteiger partial charge in [0, 0.05) is 36.3 Å². The molecule has 0 aliphatic heterocycles. The number of aliphatic imine (C=N–C) groups is 1. The van der Waals surface area contributed by atoms with Gasteiger partial charge >= 0.3 is 0 Å². The monoisotopic (exact) mass is 507 g/mol. The number of methoxy groups -OCH3 is 3. The molecule has 0 radical (unpaired) electrons. The predicted molar refractivity (Wildman–Crippen MR) is 143 cm³/mol. The van der Waals surface area contributed by atoms with Gasteiger partial charge in [-0.15, -0.1) is 0 Å². The lowest BCUT2D eigenvalue weighted by Gasteiger charge is -2.21. The SMILES string of the molecule is CCCN(CCO)C(=O)c1ccc(-c2ccccc2OC(N)=Nc2cc(OC)c(OC)c(OC)c2)cc1. The van der Waals surface area contributed by atoms with Crippen molar-refractivity contribution in [3.05, 3.63) is 66.2 Å². The number of hydrogen-bond acceptors (Lipinski definition) is 7. The van der Waals surface area contributed by atoms with Crippen molar-refractivity contribution in [3.63, 3.8) is 0 Å². The van der Waals surface area contributed by atoms with Crippen LogP contribution in [0.2, 0.25) is 0 Å². The molecule has 196 valence electrons. The fourth-order valence-electron chi connectivity index (χ4n) is 3.87. The van der Waals surface area contributed by atoms with Gasteiger partial charge in [-0.05, 0) is 30.2 Å². The number of amides is 1. The number of para-hydroxylation sites is 1. The van der Waals surface area contributed by atoms with Gasteiger partial charge in [0.25, 0.3) is 11.9 Å². The quantitative estimate of drug-likeness (QED) is 0.294. The highest BCUT2D eigenvalue weighted by Crippen LogP contribution is 2.41. The first-order chi connectivity index (χ1) is 17.9. The molecule has 37 heavy (non-hydrogen) atoms. The number of ether oxygens (including phenoxy) is 4. The molecule has 0 atom stereocenters. The molecule has 9 heteroatoms. The third kappa shape index (κ3) is 6.71. The van der Waals surface area contributed by atoms with Crippen LogP contribution in [0.3, 0.4) is 0 Å². The van der Waals surface area contributed by atoms with E-state index in [1.54, 1.807) is 35.2 Å². The Morgan fingerprint density at radius 3 is 2.14 bits per heavy atom. The first-order valence-electron chi connectivity index (χ1n) is 11.9. The van der Waals surface area contributed by atoms with Gasteiger partial charge in [0.05, 0.1) is 33.6 Å². The molecule has 0 bridgehead atoms. The standard InChI is InChI=1S/C28H33N3O6/c1-5-14-31(15-16-32)27(33)20-12-10-19(11-13-20)22-8-6-7-9-23(22)37-28(29)30-21-17-24(34-2)26(36-4)25(18-21)35-3/h6-13,17-18,32H,5,14-16H2,1-4H3,(H2,29,30). The molecule has 3 N–H and O–H groups in total. The van der Waals surface area contributed by atoms with E-state index in [0.29, 0.717) is 47.3 Å². The number of rotatable bonds is 11. The summed E-state index contributed by atoms with van der Waals surface area (Å²) in [7, 11) is 4.57. The van der Waals surface area contributed by atoms with Crippen LogP contribution >= 0.6 is 0 Å². The maximum Gasteiger partial charge on any atom is 0.292 e. The van der Waals surface area contributed by atoms with Crippen LogP contribution in [0.5, 0.6) is 23.0 Å². The molecule has 0 aliphatic rings. The van der Waals surface area contributed by atoms with E-state index in [1.807, 2.05) is 37.3 Å². The second-order valence-corrected chi connectivity index (χ2v) is 8.02.